The number of alkyl halides is 6. The van der Waals surface area contributed by atoms with Crippen LogP contribution in [0, 0.1) is 23.7 Å². The van der Waals surface area contributed by atoms with E-state index in [1.54, 1.807) is 18.3 Å². The summed E-state index contributed by atoms with van der Waals surface area (Å²) in [5, 5.41) is 3.71. The Kier molecular flexibility index (Phi) is 9.13. The number of Topliss-reactive ketones (excluding diaryl/α,β-unsaturated/α-hetero) is 1. The molecule has 1 aromatic carbocycles. The van der Waals surface area contributed by atoms with E-state index in [0.29, 0.717) is 53.8 Å². The third-order valence-electron chi connectivity index (χ3n) is 14.4. The average Bonchev–Trinajstić information content (AvgIpc) is 3.50. The van der Waals surface area contributed by atoms with Crippen molar-refractivity contribution >= 4 is 22.6 Å². The van der Waals surface area contributed by atoms with Gasteiger partial charge in [-0.1, -0.05) is 0 Å². The van der Waals surface area contributed by atoms with Crippen LogP contribution in [0.15, 0.2) is 36.5 Å². The summed E-state index contributed by atoms with van der Waals surface area (Å²) in [6.07, 6.45) is 9.06. The Morgan fingerprint density at radius 3 is 2.07 bits per heavy atom. The highest BCUT2D eigenvalue weighted by Gasteiger charge is 2.60. The van der Waals surface area contributed by atoms with E-state index >= 15 is 8.78 Å². The van der Waals surface area contributed by atoms with Crippen molar-refractivity contribution in [1.29, 1.82) is 0 Å². The molecule has 7 aliphatic rings. The predicted octanol–water partition coefficient (Wildman–Crippen LogP) is 9.72. The number of halogens is 6. The molecule has 3 aromatic rings. The molecule has 1 amide bonds. The highest BCUT2D eigenvalue weighted by Crippen LogP contribution is 2.58. The quantitative estimate of drug-likeness (QED) is 0.219. The number of carbonyl (C=O) groups excluding carboxylic acids is 2. The average molecular weight is 785 g/mol. The van der Waals surface area contributed by atoms with Crippen LogP contribution in [-0.4, -0.2) is 68.8 Å². The summed E-state index contributed by atoms with van der Waals surface area (Å²) in [6, 6.07) is 8.25. The Morgan fingerprint density at radius 1 is 0.839 bits per heavy atom. The summed E-state index contributed by atoms with van der Waals surface area (Å²) in [5.41, 5.74) is -0.619. The van der Waals surface area contributed by atoms with Crippen molar-refractivity contribution in [3.63, 3.8) is 0 Å². The Labute approximate surface area is 322 Å². The van der Waals surface area contributed by atoms with Crippen molar-refractivity contribution in [2.75, 3.05) is 13.1 Å². The van der Waals surface area contributed by atoms with Gasteiger partial charge in [-0.2, -0.15) is 8.78 Å². The highest BCUT2D eigenvalue weighted by atomic mass is 19.3. The summed E-state index contributed by atoms with van der Waals surface area (Å²) >= 11 is 0. The van der Waals surface area contributed by atoms with Gasteiger partial charge in [-0.3, -0.25) is 14.5 Å². The Balaban J connectivity index is 1.02. The number of ether oxygens (including phenoxy) is 1. The Morgan fingerprint density at radius 2 is 1.48 bits per heavy atom. The molecule has 7 fully saturated rings. The molecule has 13 heteroatoms. The third kappa shape index (κ3) is 6.71. The summed E-state index contributed by atoms with van der Waals surface area (Å²) in [7, 11) is 0. The standard InChI is InChI=1S/C43H50F6N4O3/c1-24(54)43(27-16-25-15-26(18-27)19-28(43)17-25)51-39(55)34-9-10-36(50-38(34)40(2,44)45)35-21-53(30-11-13-41(46,47)14-12-30)37-20-32(7-8-33(35)37)56-31-5-3-29(4-6-31)52-22-42(48,49)23-52/h7-10,20-21,25-31H,3-6,11-19,22-23H2,1-2H3,(H,51,55). The molecule has 0 radical (unpaired) electrons. The number of pyridine rings is 1. The van der Waals surface area contributed by atoms with E-state index < -0.39 is 34.9 Å². The first kappa shape index (κ1) is 37.9. The first-order valence-corrected chi connectivity index (χ1v) is 20.5. The monoisotopic (exact) mass is 784 g/mol. The lowest BCUT2D eigenvalue weighted by atomic mass is 9.47. The van der Waals surface area contributed by atoms with Gasteiger partial charge in [-0.05, 0) is 125 Å². The maximum Gasteiger partial charge on any atom is 0.287 e. The van der Waals surface area contributed by atoms with Gasteiger partial charge in [-0.15, -0.1) is 0 Å². The molecule has 1 saturated heterocycles. The lowest BCUT2D eigenvalue weighted by molar-refractivity contribution is -0.151. The summed E-state index contributed by atoms with van der Waals surface area (Å²) in [5.74, 6) is -8.11. The van der Waals surface area contributed by atoms with Crippen LogP contribution in [0.1, 0.15) is 119 Å². The van der Waals surface area contributed by atoms with Crippen molar-refractivity contribution in [2.45, 2.75) is 139 Å². The minimum absolute atomic E-state index is 0.0195. The second-order valence-electron chi connectivity index (χ2n) is 18.2. The van der Waals surface area contributed by atoms with E-state index in [2.05, 4.69) is 10.3 Å². The van der Waals surface area contributed by atoms with E-state index in [-0.39, 0.29) is 85.8 Å². The second kappa shape index (κ2) is 13.5. The molecule has 2 aromatic heterocycles. The van der Waals surface area contributed by atoms with Crippen LogP contribution >= 0.6 is 0 Å². The SMILES string of the molecule is CC(=O)C1(NC(=O)c2ccc(-c3cn(C4CCC(F)(F)CC4)c4cc(OC5CCC(N6CC(F)(F)C6)CC5)ccc34)nc2C(C)(F)F)C2CC3CC(C2)CC1C3. The van der Waals surface area contributed by atoms with Crippen molar-refractivity contribution in [2.24, 2.45) is 23.7 Å². The number of nitrogens with one attached hydrogen (secondary N) is 1. The fourth-order valence-corrected chi connectivity index (χ4v) is 11.8. The van der Waals surface area contributed by atoms with E-state index in [0.717, 1.165) is 44.9 Å². The van der Waals surface area contributed by atoms with E-state index in [9.17, 15) is 27.2 Å². The number of benzene rings is 1. The minimum atomic E-state index is -3.50. The zero-order chi connectivity index (χ0) is 39.4. The Bertz CT molecular complexity index is 1990. The molecule has 10 rings (SSSR count). The van der Waals surface area contributed by atoms with Gasteiger partial charge < -0.3 is 14.6 Å². The molecule has 0 atom stereocenters. The van der Waals surface area contributed by atoms with Crippen molar-refractivity contribution in [1.82, 2.24) is 19.8 Å². The van der Waals surface area contributed by atoms with Gasteiger partial charge >= 0.3 is 0 Å². The number of hydrogen-bond donors (Lipinski definition) is 1. The minimum Gasteiger partial charge on any atom is -0.490 e. The summed E-state index contributed by atoms with van der Waals surface area (Å²) < 4.78 is 95.0. The van der Waals surface area contributed by atoms with Crippen LogP contribution in [0.4, 0.5) is 26.3 Å². The van der Waals surface area contributed by atoms with Crippen molar-refractivity contribution < 1.29 is 40.7 Å². The molecule has 302 valence electrons. The van der Waals surface area contributed by atoms with Gasteiger partial charge in [-0.25, -0.2) is 22.5 Å². The van der Waals surface area contributed by atoms with Gasteiger partial charge in [0.2, 0.25) is 5.92 Å². The van der Waals surface area contributed by atoms with Crippen LogP contribution in [0.3, 0.4) is 0 Å². The van der Waals surface area contributed by atoms with Gasteiger partial charge in [0, 0.05) is 55.1 Å². The molecule has 1 N–H and O–H groups in total. The van der Waals surface area contributed by atoms with Crippen LogP contribution in [0.25, 0.3) is 22.2 Å². The largest absolute Gasteiger partial charge is 0.490 e. The maximum atomic E-state index is 15.5. The van der Waals surface area contributed by atoms with Crippen molar-refractivity contribution in [3.8, 4) is 17.0 Å². The summed E-state index contributed by atoms with van der Waals surface area (Å²) in [6.45, 7) is 1.82. The predicted molar refractivity (Wildman–Crippen MR) is 198 cm³/mol. The number of nitrogens with zero attached hydrogens (tertiary/aromatic N) is 3. The number of hydrogen-bond acceptors (Lipinski definition) is 5. The fourth-order valence-electron chi connectivity index (χ4n) is 11.8. The number of ketones is 1. The normalized spacial score (nSPS) is 32.6. The molecule has 0 unspecified atom stereocenters. The zero-order valence-corrected chi connectivity index (χ0v) is 31.9. The van der Waals surface area contributed by atoms with E-state index in [1.807, 2.05) is 21.6 Å². The number of amides is 1. The first-order chi connectivity index (χ1) is 26.5. The fraction of sp³-hybridized carbons (Fsp3) is 0.651. The third-order valence-corrected chi connectivity index (χ3v) is 14.4. The molecular weight excluding hydrogens is 734 g/mol. The molecule has 4 bridgehead atoms. The number of fused-ring (bicyclic) bond motifs is 1. The van der Waals surface area contributed by atoms with Crippen molar-refractivity contribution in [3.05, 3.63) is 47.8 Å². The molecule has 3 heterocycles. The van der Waals surface area contributed by atoms with Gasteiger partial charge in [0.25, 0.3) is 17.8 Å². The summed E-state index contributed by atoms with van der Waals surface area (Å²) in [4.78, 5) is 33.8. The number of carbonyl (C=O) groups is 2. The van der Waals surface area contributed by atoms with Crippen LogP contribution in [0.2, 0.25) is 0 Å². The Hall–Kier alpha value is -3.61. The van der Waals surface area contributed by atoms with Gasteiger partial charge in [0.05, 0.1) is 36.0 Å². The van der Waals surface area contributed by atoms with Crippen LogP contribution in [-0.2, 0) is 10.7 Å². The molecule has 1 aliphatic heterocycles. The number of rotatable bonds is 9. The molecule has 7 nitrogen and oxygen atoms in total. The first-order valence-electron chi connectivity index (χ1n) is 20.5. The van der Waals surface area contributed by atoms with Gasteiger partial charge in [0.1, 0.15) is 17.0 Å². The topological polar surface area (TPSA) is 76.5 Å². The highest BCUT2D eigenvalue weighted by molar-refractivity contribution is 6.01. The number of likely N-dealkylation sites (tertiary alicyclic amines) is 1. The molecule has 6 saturated carbocycles. The van der Waals surface area contributed by atoms with Crippen LogP contribution in [0.5, 0.6) is 5.75 Å². The lowest BCUT2D eigenvalue weighted by Gasteiger charge is -2.60. The second-order valence-corrected chi connectivity index (χ2v) is 18.2. The molecular formula is C43H50F6N4O3. The van der Waals surface area contributed by atoms with Crippen LogP contribution < -0.4 is 10.1 Å². The number of aromatic nitrogens is 2. The maximum absolute atomic E-state index is 15.5. The molecule has 56 heavy (non-hydrogen) atoms. The van der Waals surface area contributed by atoms with E-state index in [4.69, 9.17) is 4.74 Å². The zero-order valence-electron chi connectivity index (χ0n) is 31.9. The smallest absolute Gasteiger partial charge is 0.287 e. The lowest BCUT2D eigenvalue weighted by Crippen LogP contribution is -2.69. The molecule has 6 aliphatic carbocycles. The molecule has 0 spiro atoms. The van der Waals surface area contributed by atoms with Gasteiger partial charge in [0.15, 0.2) is 5.78 Å². The van der Waals surface area contributed by atoms with E-state index in [1.165, 1.54) is 13.0 Å².